The lowest BCUT2D eigenvalue weighted by atomic mass is 9.78. The number of allylic oxidation sites excluding steroid dienone is 1. The van der Waals surface area contributed by atoms with Crippen molar-refractivity contribution in [2.45, 2.75) is 38.1 Å². The molecule has 0 aromatic heterocycles. The van der Waals surface area contributed by atoms with E-state index in [0.717, 1.165) is 40.4 Å². The van der Waals surface area contributed by atoms with Crippen LogP contribution in [0.15, 0.2) is 71.9 Å². The van der Waals surface area contributed by atoms with Crippen LogP contribution in [0, 0.1) is 0 Å². The summed E-state index contributed by atoms with van der Waals surface area (Å²) in [5.41, 5.74) is 5.19. The smallest absolute Gasteiger partial charge is 0.176 e. The third kappa shape index (κ3) is 4.61. The third-order valence-electron chi connectivity index (χ3n) is 6.74. The summed E-state index contributed by atoms with van der Waals surface area (Å²) >= 11 is 6.33. The molecule has 36 heavy (non-hydrogen) atoms. The number of benzene rings is 3. The lowest BCUT2D eigenvalue weighted by molar-refractivity contribution is -0.116. The SMILES string of the molecule is CCCOc1ccc(C2CC(=O)C3=C(C2)Nc2ccccc2NC3c2cc(Cl)c(O)c(OC)c2)cc1. The molecule has 0 fully saturated rings. The molecule has 0 bridgehead atoms. The molecule has 0 amide bonds. The van der Waals surface area contributed by atoms with E-state index >= 15 is 0 Å². The van der Waals surface area contributed by atoms with Gasteiger partial charge in [0, 0.05) is 17.7 Å². The predicted octanol–water partition coefficient (Wildman–Crippen LogP) is 6.82. The molecule has 0 spiro atoms. The number of para-hydroxylation sites is 2. The molecule has 1 aliphatic carbocycles. The number of ketones is 1. The van der Waals surface area contributed by atoms with E-state index in [0.29, 0.717) is 25.0 Å². The molecule has 0 saturated carbocycles. The Balaban J connectivity index is 1.55. The fraction of sp³-hybridized carbons (Fsp3) is 0.276. The van der Waals surface area contributed by atoms with Crippen molar-refractivity contribution in [2.75, 3.05) is 24.4 Å². The number of rotatable bonds is 6. The van der Waals surface area contributed by atoms with E-state index in [-0.39, 0.29) is 28.2 Å². The van der Waals surface area contributed by atoms with Gasteiger partial charge in [0.1, 0.15) is 5.75 Å². The molecule has 0 radical (unpaired) electrons. The van der Waals surface area contributed by atoms with Crippen molar-refractivity contribution in [3.8, 4) is 17.2 Å². The summed E-state index contributed by atoms with van der Waals surface area (Å²) in [6.45, 7) is 2.76. The number of halogens is 1. The lowest BCUT2D eigenvalue weighted by Crippen LogP contribution is -2.27. The van der Waals surface area contributed by atoms with Gasteiger partial charge >= 0.3 is 0 Å². The minimum atomic E-state index is -0.457. The van der Waals surface area contributed by atoms with Crippen molar-refractivity contribution in [3.63, 3.8) is 0 Å². The van der Waals surface area contributed by atoms with E-state index in [2.05, 4.69) is 29.7 Å². The Kier molecular flexibility index (Phi) is 6.79. The summed E-state index contributed by atoms with van der Waals surface area (Å²) in [6.07, 6.45) is 2.04. The first-order valence-corrected chi connectivity index (χ1v) is 12.5. The number of ether oxygens (including phenoxy) is 2. The molecule has 6 nitrogen and oxygen atoms in total. The van der Waals surface area contributed by atoms with Gasteiger partial charge in [-0.25, -0.2) is 0 Å². The molecule has 2 aliphatic rings. The number of phenols is 1. The van der Waals surface area contributed by atoms with Crippen LogP contribution >= 0.6 is 11.6 Å². The topological polar surface area (TPSA) is 79.8 Å². The highest BCUT2D eigenvalue weighted by molar-refractivity contribution is 6.32. The maximum atomic E-state index is 13.7. The van der Waals surface area contributed by atoms with Crippen molar-refractivity contribution < 1.29 is 19.4 Å². The number of hydrogen-bond donors (Lipinski definition) is 3. The number of anilines is 2. The molecule has 3 aromatic carbocycles. The second kappa shape index (κ2) is 10.2. The van der Waals surface area contributed by atoms with Crippen molar-refractivity contribution in [3.05, 3.63) is 88.1 Å². The number of nitrogens with one attached hydrogen (secondary N) is 2. The molecule has 186 valence electrons. The highest BCUT2D eigenvalue weighted by Crippen LogP contribution is 2.46. The second-order valence-corrected chi connectivity index (χ2v) is 9.55. The number of fused-ring (bicyclic) bond motifs is 1. The summed E-state index contributed by atoms with van der Waals surface area (Å²) in [5.74, 6) is 1.09. The minimum Gasteiger partial charge on any atom is -0.503 e. The first kappa shape index (κ1) is 24.1. The average molecular weight is 505 g/mol. The number of methoxy groups -OCH3 is 1. The van der Waals surface area contributed by atoms with Crippen molar-refractivity contribution >= 4 is 28.8 Å². The van der Waals surface area contributed by atoms with Gasteiger partial charge in [0.15, 0.2) is 17.3 Å². The van der Waals surface area contributed by atoms with Crippen LogP contribution in [-0.2, 0) is 4.79 Å². The predicted molar refractivity (Wildman–Crippen MR) is 142 cm³/mol. The molecule has 1 heterocycles. The Morgan fingerprint density at radius 3 is 2.50 bits per heavy atom. The number of carbonyl (C=O) groups is 1. The zero-order valence-electron chi connectivity index (χ0n) is 20.3. The van der Waals surface area contributed by atoms with Gasteiger partial charge in [-0.1, -0.05) is 42.8 Å². The first-order chi connectivity index (χ1) is 17.5. The summed E-state index contributed by atoms with van der Waals surface area (Å²) in [6, 6.07) is 18.9. The highest BCUT2D eigenvalue weighted by atomic mass is 35.5. The van der Waals surface area contributed by atoms with Crippen molar-refractivity contribution in [2.24, 2.45) is 0 Å². The van der Waals surface area contributed by atoms with Gasteiger partial charge in [-0.2, -0.15) is 0 Å². The standard InChI is InChI=1S/C29H29ClN2O4/c1-3-12-36-20-10-8-17(9-11-20)18-14-24-27(25(33)15-18)28(32-23-7-5-4-6-22(23)31-24)19-13-21(30)29(34)26(16-19)35-2/h4-11,13,16,18,28,31-32,34H,3,12,14-15H2,1-2H3. The van der Waals surface area contributed by atoms with Crippen LogP contribution in [-0.4, -0.2) is 24.6 Å². The van der Waals surface area contributed by atoms with E-state index < -0.39 is 6.04 Å². The molecule has 3 N–H and O–H groups in total. The maximum absolute atomic E-state index is 13.7. The molecular formula is C29H29ClN2O4. The third-order valence-corrected chi connectivity index (χ3v) is 7.03. The summed E-state index contributed by atoms with van der Waals surface area (Å²) in [5, 5.41) is 17.5. The van der Waals surface area contributed by atoms with E-state index in [1.807, 2.05) is 36.4 Å². The average Bonchev–Trinajstić information content (AvgIpc) is 3.06. The van der Waals surface area contributed by atoms with Crippen LogP contribution < -0.4 is 20.1 Å². The van der Waals surface area contributed by atoms with Gasteiger partial charge in [-0.15, -0.1) is 0 Å². The molecular weight excluding hydrogens is 476 g/mol. The fourth-order valence-electron chi connectivity index (χ4n) is 4.95. The van der Waals surface area contributed by atoms with E-state index in [4.69, 9.17) is 21.1 Å². The Hall–Kier alpha value is -3.64. The second-order valence-electron chi connectivity index (χ2n) is 9.14. The highest BCUT2D eigenvalue weighted by Gasteiger charge is 2.36. The molecule has 2 unspecified atom stereocenters. The van der Waals surface area contributed by atoms with Gasteiger partial charge < -0.3 is 25.2 Å². The Labute approximate surface area is 215 Å². The number of carbonyl (C=O) groups excluding carboxylic acids is 1. The Bertz CT molecular complexity index is 1320. The zero-order chi connectivity index (χ0) is 25.2. The lowest BCUT2D eigenvalue weighted by Gasteiger charge is -2.30. The summed E-state index contributed by atoms with van der Waals surface area (Å²) < 4.78 is 11.1. The van der Waals surface area contributed by atoms with Crippen molar-refractivity contribution in [1.82, 2.24) is 0 Å². The Morgan fingerprint density at radius 2 is 1.78 bits per heavy atom. The van der Waals surface area contributed by atoms with Crippen LogP contribution in [0.25, 0.3) is 0 Å². The van der Waals surface area contributed by atoms with E-state index in [1.165, 1.54) is 7.11 Å². The number of phenolic OH excluding ortho intramolecular Hbond substituents is 1. The normalized spacial score (nSPS) is 18.9. The monoisotopic (exact) mass is 504 g/mol. The fourth-order valence-corrected chi connectivity index (χ4v) is 5.17. The quantitative estimate of drug-likeness (QED) is 0.341. The Morgan fingerprint density at radius 1 is 1.03 bits per heavy atom. The minimum absolute atomic E-state index is 0.0489. The molecule has 5 rings (SSSR count). The number of Topliss-reactive ketones (excluding diaryl/α,β-unsaturated/α-hetero) is 1. The number of hydrogen-bond acceptors (Lipinski definition) is 6. The number of aromatic hydroxyl groups is 1. The van der Waals surface area contributed by atoms with Crippen LogP contribution in [0.2, 0.25) is 5.02 Å². The first-order valence-electron chi connectivity index (χ1n) is 12.2. The van der Waals surface area contributed by atoms with Crippen LogP contribution in [0.4, 0.5) is 11.4 Å². The van der Waals surface area contributed by atoms with E-state index in [1.54, 1.807) is 12.1 Å². The summed E-state index contributed by atoms with van der Waals surface area (Å²) in [7, 11) is 1.48. The van der Waals surface area contributed by atoms with E-state index in [9.17, 15) is 9.90 Å². The molecule has 1 aliphatic heterocycles. The van der Waals surface area contributed by atoms with Gasteiger partial charge in [0.25, 0.3) is 0 Å². The molecule has 7 heteroatoms. The van der Waals surface area contributed by atoms with Crippen LogP contribution in [0.3, 0.4) is 0 Å². The van der Waals surface area contributed by atoms with Gasteiger partial charge in [0.2, 0.25) is 0 Å². The molecule has 0 saturated heterocycles. The zero-order valence-corrected chi connectivity index (χ0v) is 21.1. The van der Waals surface area contributed by atoms with Crippen LogP contribution in [0.5, 0.6) is 17.2 Å². The van der Waals surface area contributed by atoms with Gasteiger partial charge in [-0.05, 0) is 66.3 Å². The molecule has 2 atom stereocenters. The summed E-state index contributed by atoms with van der Waals surface area (Å²) in [4.78, 5) is 13.7. The largest absolute Gasteiger partial charge is 0.503 e. The van der Waals surface area contributed by atoms with Gasteiger partial charge in [-0.3, -0.25) is 4.79 Å². The van der Waals surface area contributed by atoms with Crippen molar-refractivity contribution in [1.29, 1.82) is 0 Å². The van der Waals surface area contributed by atoms with Gasteiger partial charge in [0.05, 0.1) is 36.2 Å². The van der Waals surface area contributed by atoms with Crippen LogP contribution in [0.1, 0.15) is 49.3 Å². The molecule has 3 aromatic rings. The maximum Gasteiger partial charge on any atom is 0.176 e.